The Kier molecular flexibility index (Phi) is 5.11. The van der Waals surface area contributed by atoms with Gasteiger partial charge in [-0.3, -0.25) is 16.3 Å². The van der Waals surface area contributed by atoms with E-state index in [0.717, 1.165) is 38.9 Å². The van der Waals surface area contributed by atoms with Crippen LogP contribution in [-0.2, 0) is 11.2 Å². The van der Waals surface area contributed by atoms with E-state index >= 15 is 0 Å². The van der Waals surface area contributed by atoms with Gasteiger partial charge in [-0.15, -0.1) is 0 Å². The van der Waals surface area contributed by atoms with Gasteiger partial charge in [0.2, 0.25) is 0 Å². The van der Waals surface area contributed by atoms with E-state index in [9.17, 15) is 0 Å². The molecule has 4 nitrogen and oxygen atoms in total. The highest BCUT2D eigenvalue weighted by molar-refractivity contribution is 5.29. The minimum atomic E-state index is 0.262. The Morgan fingerprint density at radius 2 is 2.44 bits per heavy atom. The lowest BCUT2D eigenvalue weighted by molar-refractivity contribution is 0.121. The summed E-state index contributed by atoms with van der Waals surface area (Å²) >= 11 is 0. The van der Waals surface area contributed by atoms with Crippen molar-refractivity contribution in [2.24, 2.45) is 5.84 Å². The second-order valence-electron chi connectivity index (χ2n) is 4.87. The van der Waals surface area contributed by atoms with Gasteiger partial charge < -0.3 is 4.74 Å². The molecular formula is C14H23N3O. The van der Waals surface area contributed by atoms with Crippen molar-refractivity contribution in [1.29, 1.82) is 0 Å². The number of hydrazine groups is 1. The lowest BCUT2D eigenvalue weighted by Gasteiger charge is -2.22. The Hall–Kier alpha value is -0.970. The maximum Gasteiger partial charge on any atom is 0.0482 e. The molecule has 1 aromatic rings. The molecule has 1 aliphatic carbocycles. The smallest absolute Gasteiger partial charge is 0.0482 e. The first kappa shape index (κ1) is 13.5. The van der Waals surface area contributed by atoms with Crippen molar-refractivity contribution in [3.05, 3.63) is 29.6 Å². The quantitative estimate of drug-likeness (QED) is 0.439. The fourth-order valence-corrected chi connectivity index (χ4v) is 2.69. The molecule has 2 rings (SSSR count). The minimum Gasteiger partial charge on any atom is -0.381 e. The molecular weight excluding hydrogens is 226 g/mol. The highest BCUT2D eigenvalue weighted by atomic mass is 16.5. The lowest BCUT2D eigenvalue weighted by atomic mass is 9.95. The second-order valence-corrected chi connectivity index (χ2v) is 4.87. The Bertz CT molecular complexity index is 370. The summed E-state index contributed by atoms with van der Waals surface area (Å²) < 4.78 is 5.55. The molecule has 4 heteroatoms. The molecule has 2 unspecified atom stereocenters. The van der Waals surface area contributed by atoms with E-state index in [1.165, 1.54) is 11.3 Å². The molecule has 18 heavy (non-hydrogen) atoms. The van der Waals surface area contributed by atoms with Crippen LogP contribution in [0.5, 0.6) is 0 Å². The fraction of sp³-hybridized carbons (Fsp3) is 0.643. The van der Waals surface area contributed by atoms with Gasteiger partial charge in [-0.1, -0.05) is 13.0 Å². The van der Waals surface area contributed by atoms with Crippen molar-refractivity contribution >= 4 is 0 Å². The number of fused-ring (bicyclic) bond motifs is 1. The monoisotopic (exact) mass is 249 g/mol. The molecule has 0 aromatic carbocycles. The van der Waals surface area contributed by atoms with E-state index in [1.807, 2.05) is 12.3 Å². The number of nitrogens with two attached hydrogens (primary N) is 1. The van der Waals surface area contributed by atoms with E-state index in [4.69, 9.17) is 10.6 Å². The van der Waals surface area contributed by atoms with Crippen molar-refractivity contribution in [2.45, 2.75) is 44.6 Å². The molecule has 0 fully saturated rings. The topological polar surface area (TPSA) is 60.2 Å². The van der Waals surface area contributed by atoms with Crippen LogP contribution in [0.2, 0.25) is 0 Å². The molecule has 1 heterocycles. The number of hydrogen-bond acceptors (Lipinski definition) is 4. The van der Waals surface area contributed by atoms with Crippen molar-refractivity contribution in [3.63, 3.8) is 0 Å². The third-order valence-electron chi connectivity index (χ3n) is 3.62. The molecule has 0 radical (unpaired) electrons. The first-order valence-corrected chi connectivity index (χ1v) is 6.84. The van der Waals surface area contributed by atoms with Crippen LogP contribution in [-0.4, -0.2) is 24.2 Å². The van der Waals surface area contributed by atoms with Gasteiger partial charge in [0.05, 0.1) is 0 Å². The summed E-state index contributed by atoms with van der Waals surface area (Å²) in [5.74, 6) is 6.12. The molecule has 0 saturated heterocycles. The molecule has 0 bridgehead atoms. The standard InChI is InChI=1S/C14H23N3O/c1-2-9-18-10-7-13(17-15)12-6-5-11-4-3-8-16-14(11)12/h3-4,8,12-13,17H,2,5-7,9-10,15H2,1H3. The zero-order valence-electron chi connectivity index (χ0n) is 11.1. The predicted molar refractivity (Wildman–Crippen MR) is 72.1 cm³/mol. The van der Waals surface area contributed by atoms with Crippen molar-refractivity contribution in [2.75, 3.05) is 13.2 Å². The van der Waals surface area contributed by atoms with Gasteiger partial charge in [-0.25, -0.2) is 0 Å². The molecule has 1 aliphatic rings. The van der Waals surface area contributed by atoms with E-state index in [0.29, 0.717) is 5.92 Å². The van der Waals surface area contributed by atoms with Crippen LogP contribution >= 0.6 is 0 Å². The Morgan fingerprint density at radius 1 is 1.56 bits per heavy atom. The van der Waals surface area contributed by atoms with Crippen molar-refractivity contribution in [3.8, 4) is 0 Å². The predicted octanol–water partition coefficient (Wildman–Crippen LogP) is 1.76. The normalized spacial score (nSPS) is 19.8. The fourth-order valence-electron chi connectivity index (χ4n) is 2.69. The molecule has 0 saturated carbocycles. The number of ether oxygens (including phenoxy) is 1. The van der Waals surface area contributed by atoms with Crippen LogP contribution in [0, 0.1) is 0 Å². The molecule has 0 spiro atoms. The summed E-state index contributed by atoms with van der Waals surface area (Å²) in [5, 5.41) is 0. The van der Waals surface area contributed by atoms with Gasteiger partial charge in [0.1, 0.15) is 0 Å². The number of rotatable bonds is 7. The molecule has 0 amide bonds. The number of nitrogens with one attached hydrogen (secondary N) is 1. The second kappa shape index (κ2) is 6.83. The Labute approximate surface area is 109 Å². The SMILES string of the molecule is CCCOCCC(NN)C1CCc2cccnc21. The summed E-state index contributed by atoms with van der Waals surface area (Å²) in [6.45, 7) is 3.72. The Balaban J connectivity index is 1.93. The van der Waals surface area contributed by atoms with Gasteiger partial charge in [-0.2, -0.15) is 0 Å². The van der Waals surface area contributed by atoms with E-state index in [1.54, 1.807) is 0 Å². The number of pyridine rings is 1. The van der Waals surface area contributed by atoms with Gasteiger partial charge in [0, 0.05) is 37.1 Å². The maximum atomic E-state index is 5.69. The van der Waals surface area contributed by atoms with E-state index in [2.05, 4.69) is 23.4 Å². The van der Waals surface area contributed by atoms with Crippen LogP contribution < -0.4 is 11.3 Å². The largest absolute Gasteiger partial charge is 0.381 e. The van der Waals surface area contributed by atoms with Gasteiger partial charge >= 0.3 is 0 Å². The summed E-state index contributed by atoms with van der Waals surface area (Å²) in [5.41, 5.74) is 5.53. The zero-order chi connectivity index (χ0) is 12.8. The minimum absolute atomic E-state index is 0.262. The van der Waals surface area contributed by atoms with Crippen LogP contribution in [0.1, 0.15) is 43.4 Å². The molecule has 0 aliphatic heterocycles. The van der Waals surface area contributed by atoms with Crippen LogP contribution in [0.3, 0.4) is 0 Å². The van der Waals surface area contributed by atoms with Crippen LogP contribution in [0.15, 0.2) is 18.3 Å². The Morgan fingerprint density at radius 3 is 3.22 bits per heavy atom. The highest BCUT2D eigenvalue weighted by Crippen LogP contribution is 2.34. The maximum absolute atomic E-state index is 5.69. The molecule has 1 aromatic heterocycles. The molecule has 2 atom stereocenters. The average Bonchev–Trinajstić information content (AvgIpc) is 2.83. The third kappa shape index (κ3) is 3.07. The highest BCUT2D eigenvalue weighted by Gasteiger charge is 2.29. The average molecular weight is 249 g/mol. The van der Waals surface area contributed by atoms with E-state index < -0.39 is 0 Å². The summed E-state index contributed by atoms with van der Waals surface area (Å²) in [7, 11) is 0. The third-order valence-corrected chi connectivity index (χ3v) is 3.62. The summed E-state index contributed by atoms with van der Waals surface area (Å²) in [4.78, 5) is 4.52. The summed E-state index contributed by atoms with van der Waals surface area (Å²) in [6.07, 6.45) is 6.13. The number of aromatic nitrogens is 1. The first-order chi connectivity index (χ1) is 8.86. The molecule has 100 valence electrons. The first-order valence-electron chi connectivity index (χ1n) is 6.84. The number of nitrogens with zero attached hydrogens (tertiary/aromatic N) is 1. The lowest BCUT2D eigenvalue weighted by Crippen LogP contribution is -2.40. The summed E-state index contributed by atoms with van der Waals surface area (Å²) in [6, 6.07) is 4.44. The van der Waals surface area contributed by atoms with Crippen molar-refractivity contribution in [1.82, 2.24) is 10.4 Å². The van der Waals surface area contributed by atoms with Crippen LogP contribution in [0.25, 0.3) is 0 Å². The van der Waals surface area contributed by atoms with Gasteiger partial charge in [-0.05, 0) is 37.3 Å². The molecule has 3 N–H and O–H groups in total. The zero-order valence-corrected chi connectivity index (χ0v) is 11.1. The van der Waals surface area contributed by atoms with Crippen LogP contribution in [0.4, 0.5) is 0 Å². The van der Waals surface area contributed by atoms with Gasteiger partial charge in [0.15, 0.2) is 0 Å². The number of hydrogen-bond donors (Lipinski definition) is 2. The van der Waals surface area contributed by atoms with Gasteiger partial charge in [0.25, 0.3) is 0 Å². The number of aryl methyl sites for hydroxylation is 1. The van der Waals surface area contributed by atoms with E-state index in [-0.39, 0.29) is 6.04 Å². The van der Waals surface area contributed by atoms with Crippen molar-refractivity contribution < 1.29 is 4.74 Å².